The van der Waals surface area contributed by atoms with Crippen molar-refractivity contribution in [2.75, 3.05) is 19.8 Å². The topological polar surface area (TPSA) is 413 Å². The van der Waals surface area contributed by atoms with Crippen molar-refractivity contribution in [3.8, 4) is 0 Å². The lowest BCUT2D eigenvalue weighted by Gasteiger charge is -2.72. The van der Waals surface area contributed by atoms with E-state index in [2.05, 4.69) is 26.8 Å². The van der Waals surface area contributed by atoms with Crippen LogP contribution >= 0.6 is 0 Å². The third-order valence-electron chi connectivity index (χ3n) is 23.6. The Morgan fingerprint density at radius 1 is 0.587 bits per heavy atom. The summed E-state index contributed by atoms with van der Waals surface area (Å²) < 4.78 is 67.8. The molecule has 4 saturated carbocycles. The zero-order valence-electron chi connectivity index (χ0n) is 54.8. The fourth-order valence-corrected chi connectivity index (χ4v) is 17.9. The Balaban J connectivity index is 1.01. The van der Waals surface area contributed by atoms with Crippen LogP contribution in [0.4, 0.5) is 0 Å². The number of allylic oxidation sites excluding steroid dienone is 4. The molecule has 0 spiro atoms. The quantitative estimate of drug-likeness (QED) is 0.0314. The molecule has 0 aromatic rings. The minimum Gasteiger partial charge on any atom is -0.479 e. The summed E-state index contributed by atoms with van der Waals surface area (Å²) in [6, 6.07) is 0. The third-order valence-corrected chi connectivity index (χ3v) is 23.6. The predicted octanol–water partition coefficient (Wildman–Crippen LogP) is 0.715. The fourth-order valence-electron chi connectivity index (χ4n) is 17.9. The Morgan fingerprint density at radius 3 is 1.70 bits per heavy atom. The second kappa shape index (κ2) is 27.0. The van der Waals surface area contributed by atoms with Crippen LogP contribution in [0.15, 0.2) is 34.9 Å². The molecule has 27 nitrogen and oxygen atoms in total. The van der Waals surface area contributed by atoms with Gasteiger partial charge in [-0.05, 0) is 124 Å². The molecule has 0 aromatic heterocycles. The predicted molar refractivity (Wildman–Crippen MR) is 316 cm³/mol. The molecule has 0 aromatic carbocycles. The first-order valence-corrected chi connectivity index (χ1v) is 32.3. The van der Waals surface area contributed by atoms with Crippen LogP contribution in [-0.4, -0.2) is 246 Å². The first kappa shape index (κ1) is 72.6. The second-order valence-corrected chi connectivity index (χ2v) is 29.3. The molecule has 0 bridgehead atoms. The number of fused-ring (bicyclic) bond motifs is 7. The van der Waals surface area contributed by atoms with Crippen molar-refractivity contribution in [3.63, 3.8) is 0 Å². The van der Waals surface area contributed by atoms with Crippen molar-refractivity contribution in [2.45, 2.75) is 276 Å². The summed E-state index contributed by atoms with van der Waals surface area (Å²) in [7, 11) is 0. The summed E-state index contributed by atoms with van der Waals surface area (Å²) in [5.74, 6) is -4.65. The summed E-state index contributed by atoms with van der Waals surface area (Å²) in [5.41, 5.74) is -3.55. The summed E-state index contributed by atoms with van der Waals surface area (Å²) in [5, 5.41) is 134. The van der Waals surface area contributed by atoms with Gasteiger partial charge in [-0.25, -0.2) is 14.4 Å². The van der Waals surface area contributed by atoms with Crippen molar-refractivity contribution in [2.24, 2.45) is 50.2 Å². The molecule has 8 fully saturated rings. The highest BCUT2D eigenvalue weighted by Crippen LogP contribution is 2.76. The molecule has 27 heteroatoms. The number of aliphatic hydroxyl groups is 11. The molecule has 9 rings (SSSR count). The van der Waals surface area contributed by atoms with E-state index in [-0.39, 0.29) is 35.8 Å². The molecule has 10 unspecified atom stereocenters. The number of aliphatic carboxylic acids is 1. The van der Waals surface area contributed by atoms with Crippen molar-refractivity contribution in [3.05, 3.63) is 34.9 Å². The molecule has 9 aliphatic rings. The standard InChI is InChI=1S/C65H100O27/c1-14-27(3)54(80)87-46-29(5)82-58(45(77)48(46)88-55(81)28(4)15-2)92-51-52(83-30(6)69)65(26-68)32(22-60(51,7)8)31-16-17-36-62(11)20-19-38(61(9,10)35(62)18-21-63(36,12)64(31,13)23-37(65)70)86-59-50(91-57-43(75)41(73)39(71)33(24-66)84-57)47(44(76)49(90-59)53(78)79)89-56-42(74)40(72)34(25-67)85-56/h14-16,29,32-52,56-59,66-68,70-77H,17-26H2,1-13H3,(H,78,79)/t29?,32?,33?,34-,35?,36?,37+,38-,39-,40?,41+,42-,43?,44-,45?,46-,47+,48+,49?,50?,51-,52-,56-,57-,58-,59+,62-,63+,64+,65-/m0/s1. The lowest BCUT2D eigenvalue weighted by Crippen LogP contribution is -2.73. The van der Waals surface area contributed by atoms with Crippen molar-refractivity contribution in [1.82, 2.24) is 0 Å². The van der Waals surface area contributed by atoms with Gasteiger partial charge in [-0.1, -0.05) is 72.3 Å². The molecule has 92 heavy (non-hydrogen) atoms. The smallest absolute Gasteiger partial charge is 0.335 e. The molecule has 522 valence electrons. The Labute approximate surface area is 535 Å². The van der Waals surface area contributed by atoms with Crippen LogP contribution < -0.4 is 0 Å². The van der Waals surface area contributed by atoms with Crippen molar-refractivity contribution in [1.29, 1.82) is 0 Å². The van der Waals surface area contributed by atoms with Crippen LogP contribution in [-0.2, 0) is 71.3 Å². The number of carboxylic acid groups (broad SMARTS) is 1. The maximum absolute atomic E-state index is 13.5. The number of hydrogen-bond donors (Lipinski definition) is 12. The van der Waals surface area contributed by atoms with E-state index >= 15 is 0 Å². The number of carbonyl (C=O) groups excluding carboxylic acids is 3. The molecular weight excluding hydrogens is 1210 g/mol. The minimum absolute atomic E-state index is 0.0439. The highest BCUT2D eigenvalue weighted by molar-refractivity contribution is 5.88. The first-order valence-electron chi connectivity index (χ1n) is 32.3. The summed E-state index contributed by atoms with van der Waals surface area (Å²) >= 11 is 0. The Hall–Kier alpha value is -3.66. The van der Waals surface area contributed by atoms with Crippen molar-refractivity contribution >= 4 is 23.9 Å². The van der Waals surface area contributed by atoms with Gasteiger partial charge in [-0.3, -0.25) is 4.79 Å². The Kier molecular flexibility index (Phi) is 21.3. The normalized spacial score (nSPS) is 48.4. The zero-order chi connectivity index (χ0) is 68.0. The van der Waals surface area contributed by atoms with E-state index in [4.69, 9.17) is 52.1 Å². The summed E-state index contributed by atoms with van der Waals surface area (Å²) in [6.07, 6.45) is -28.8. The summed E-state index contributed by atoms with van der Waals surface area (Å²) in [6.45, 7) is 21.5. The molecule has 12 N–H and O–H groups in total. The number of carbonyl (C=O) groups is 4. The van der Waals surface area contributed by atoms with Gasteiger partial charge in [0.2, 0.25) is 0 Å². The number of hydrogen-bond acceptors (Lipinski definition) is 26. The van der Waals surface area contributed by atoms with Crippen LogP contribution in [0.5, 0.6) is 0 Å². The zero-order valence-corrected chi connectivity index (χ0v) is 54.8. The van der Waals surface area contributed by atoms with Crippen LogP contribution in [0.25, 0.3) is 0 Å². The second-order valence-electron chi connectivity index (χ2n) is 29.3. The molecule has 4 saturated heterocycles. The van der Waals surface area contributed by atoms with Crippen LogP contribution in [0.2, 0.25) is 0 Å². The SMILES string of the molecule is CC=C(C)C(=O)O[C@@H]1C(O)[C@H](O[C@H]2[C@H](OC(C)=O)[C@@]3(CO)C(CC2(C)C)C2=CCC4[C@@]5(C)CC[C@H](O[C@@H]6OC(C(=O)O)[C@@H](O)[C@@H](O[C@@H]7O[C@@H](CO)C(O)[C@@H]7O)C6O[C@@H]6OC(CO)[C@H](O)[C@@H](O)C6O)C(C)(C)C5CC[C@@]4(C)[C@]2(C)C[C@H]3O)OC(C)[C@@H]1OC(=O)C(C)=CC. The maximum atomic E-state index is 13.5. The molecule has 30 atom stereocenters. The molecule has 4 aliphatic heterocycles. The van der Waals surface area contributed by atoms with Crippen LogP contribution in [0.3, 0.4) is 0 Å². The van der Waals surface area contributed by atoms with Gasteiger partial charge in [0.05, 0.1) is 43.5 Å². The molecule has 0 amide bonds. The highest BCUT2D eigenvalue weighted by Gasteiger charge is 2.74. The van der Waals surface area contributed by atoms with E-state index in [0.29, 0.717) is 32.1 Å². The van der Waals surface area contributed by atoms with Gasteiger partial charge in [0.1, 0.15) is 79.4 Å². The molecule has 4 heterocycles. The van der Waals surface area contributed by atoms with Gasteiger partial charge in [-0.15, -0.1) is 0 Å². The van der Waals surface area contributed by atoms with Gasteiger partial charge >= 0.3 is 23.9 Å². The van der Waals surface area contributed by atoms with E-state index in [1.54, 1.807) is 33.8 Å². The van der Waals surface area contributed by atoms with E-state index < -0.39 is 223 Å². The third kappa shape index (κ3) is 12.2. The lowest BCUT2D eigenvalue weighted by atomic mass is 9.33. The van der Waals surface area contributed by atoms with Gasteiger partial charge < -0.3 is 113 Å². The number of esters is 3. The highest BCUT2D eigenvalue weighted by atomic mass is 16.8. The molecule has 5 aliphatic carbocycles. The maximum Gasteiger partial charge on any atom is 0.335 e. The number of rotatable bonds is 17. The van der Waals surface area contributed by atoms with E-state index in [0.717, 1.165) is 5.57 Å². The first-order chi connectivity index (χ1) is 43.0. The monoisotopic (exact) mass is 1310 g/mol. The average molecular weight is 1310 g/mol. The van der Waals surface area contributed by atoms with E-state index in [9.17, 15) is 80.5 Å². The molecular formula is C65H100O27. The lowest BCUT2D eigenvalue weighted by molar-refractivity contribution is -0.386. The van der Waals surface area contributed by atoms with Gasteiger partial charge in [0.15, 0.2) is 43.5 Å². The van der Waals surface area contributed by atoms with Gasteiger partial charge in [0.25, 0.3) is 0 Å². The summed E-state index contributed by atoms with van der Waals surface area (Å²) in [4.78, 5) is 53.0. The van der Waals surface area contributed by atoms with Gasteiger partial charge in [-0.2, -0.15) is 0 Å². The van der Waals surface area contributed by atoms with Crippen LogP contribution in [0, 0.1) is 50.2 Å². The molecule has 0 radical (unpaired) electrons. The van der Waals surface area contributed by atoms with E-state index in [1.807, 2.05) is 27.7 Å². The van der Waals surface area contributed by atoms with Gasteiger partial charge in [0, 0.05) is 18.1 Å². The number of carboxylic acids is 1. The minimum atomic E-state index is -2.13. The Morgan fingerprint density at radius 2 is 1.14 bits per heavy atom. The van der Waals surface area contributed by atoms with E-state index in [1.165, 1.54) is 19.9 Å². The largest absolute Gasteiger partial charge is 0.479 e. The van der Waals surface area contributed by atoms with Crippen LogP contribution in [0.1, 0.15) is 135 Å². The number of ether oxygens (including phenoxy) is 11. The Bertz CT molecular complexity index is 2790. The number of aliphatic hydroxyl groups excluding tert-OH is 11. The van der Waals surface area contributed by atoms with Crippen molar-refractivity contribution < 1.29 is 133 Å². The average Bonchev–Trinajstić information content (AvgIpc) is 0.736. The fraction of sp³-hybridized carbons (Fsp3) is 0.846.